The summed E-state index contributed by atoms with van der Waals surface area (Å²) in [7, 11) is 0. The van der Waals surface area contributed by atoms with Gasteiger partial charge in [0.25, 0.3) is 0 Å². The standard InChI is InChI=1S/C21H21N5O2S2/c1-15-4-2-5-17(12-15)26-20(25-7-9-27-10-8-25)22-23-21(26)30-14-16-13-18(28-24-16)19-6-3-11-29-19/h2-6,11-13H,7-10,14H2,1H3. The first-order chi connectivity index (χ1) is 14.8. The van der Waals surface area contributed by atoms with E-state index >= 15 is 0 Å². The highest BCUT2D eigenvalue weighted by atomic mass is 32.2. The van der Waals surface area contributed by atoms with Gasteiger partial charge in [-0.3, -0.25) is 4.57 Å². The quantitative estimate of drug-likeness (QED) is 0.412. The number of benzene rings is 1. The first-order valence-electron chi connectivity index (χ1n) is 9.75. The summed E-state index contributed by atoms with van der Waals surface area (Å²) in [5.74, 6) is 2.31. The van der Waals surface area contributed by atoms with Gasteiger partial charge in [0.1, 0.15) is 0 Å². The van der Waals surface area contributed by atoms with Gasteiger partial charge < -0.3 is 14.2 Å². The third-order valence-electron chi connectivity index (χ3n) is 4.84. The zero-order valence-electron chi connectivity index (χ0n) is 16.5. The molecule has 3 aromatic heterocycles. The molecule has 1 saturated heterocycles. The molecule has 4 heterocycles. The molecule has 5 rings (SSSR count). The van der Waals surface area contributed by atoms with Gasteiger partial charge in [-0.25, -0.2) is 0 Å². The number of aromatic nitrogens is 4. The average molecular weight is 440 g/mol. The second-order valence-electron chi connectivity index (χ2n) is 7.00. The Morgan fingerprint density at radius 1 is 1.10 bits per heavy atom. The minimum atomic E-state index is 0.655. The predicted octanol–water partition coefficient (Wildman–Crippen LogP) is 4.42. The van der Waals surface area contributed by atoms with E-state index in [4.69, 9.17) is 9.26 Å². The van der Waals surface area contributed by atoms with Crippen LogP contribution in [-0.4, -0.2) is 46.2 Å². The maximum absolute atomic E-state index is 5.51. The van der Waals surface area contributed by atoms with Crippen molar-refractivity contribution >= 4 is 29.0 Å². The molecular formula is C21H21N5O2S2. The van der Waals surface area contributed by atoms with Crippen molar-refractivity contribution in [2.75, 3.05) is 31.2 Å². The lowest BCUT2D eigenvalue weighted by Crippen LogP contribution is -2.37. The molecule has 7 nitrogen and oxygen atoms in total. The molecule has 9 heteroatoms. The molecule has 0 aliphatic carbocycles. The highest BCUT2D eigenvalue weighted by Crippen LogP contribution is 2.31. The Balaban J connectivity index is 1.42. The minimum Gasteiger partial charge on any atom is -0.378 e. The lowest BCUT2D eigenvalue weighted by molar-refractivity contribution is 0.122. The molecule has 1 aliphatic heterocycles. The number of ether oxygens (including phenoxy) is 1. The summed E-state index contributed by atoms with van der Waals surface area (Å²) in [5.41, 5.74) is 3.14. The fourth-order valence-electron chi connectivity index (χ4n) is 3.37. The van der Waals surface area contributed by atoms with E-state index < -0.39 is 0 Å². The summed E-state index contributed by atoms with van der Waals surface area (Å²) in [6.45, 7) is 5.11. The maximum atomic E-state index is 5.51. The molecule has 0 atom stereocenters. The van der Waals surface area contributed by atoms with Gasteiger partial charge in [0.05, 0.1) is 29.5 Å². The third kappa shape index (κ3) is 4.00. The van der Waals surface area contributed by atoms with Gasteiger partial charge in [0.2, 0.25) is 5.95 Å². The van der Waals surface area contributed by atoms with E-state index in [-0.39, 0.29) is 0 Å². The zero-order valence-corrected chi connectivity index (χ0v) is 18.2. The van der Waals surface area contributed by atoms with Crippen LogP contribution < -0.4 is 4.90 Å². The number of hydrogen-bond acceptors (Lipinski definition) is 8. The van der Waals surface area contributed by atoms with E-state index in [2.05, 4.69) is 56.0 Å². The van der Waals surface area contributed by atoms with Gasteiger partial charge >= 0.3 is 0 Å². The molecule has 0 spiro atoms. The fourth-order valence-corrected chi connectivity index (χ4v) is 4.87. The van der Waals surface area contributed by atoms with Crippen molar-refractivity contribution in [1.82, 2.24) is 19.9 Å². The third-order valence-corrected chi connectivity index (χ3v) is 6.69. The number of aryl methyl sites for hydroxylation is 1. The van der Waals surface area contributed by atoms with Crippen LogP contribution in [-0.2, 0) is 10.5 Å². The Morgan fingerprint density at radius 3 is 2.80 bits per heavy atom. The molecule has 0 unspecified atom stereocenters. The summed E-state index contributed by atoms with van der Waals surface area (Å²) >= 11 is 3.25. The molecule has 1 aromatic carbocycles. The normalized spacial score (nSPS) is 14.4. The molecule has 0 bridgehead atoms. The van der Waals surface area contributed by atoms with Crippen molar-refractivity contribution in [3.8, 4) is 16.3 Å². The first-order valence-corrected chi connectivity index (χ1v) is 11.6. The van der Waals surface area contributed by atoms with Crippen LogP contribution in [0.3, 0.4) is 0 Å². The van der Waals surface area contributed by atoms with E-state index in [1.807, 2.05) is 23.6 Å². The number of thiophene rings is 1. The van der Waals surface area contributed by atoms with Gasteiger partial charge in [0.15, 0.2) is 10.9 Å². The molecule has 0 amide bonds. The van der Waals surface area contributed by atoms with Gasteiger partial charge in [-0.1, -0.05) is 35.1 Å². The SMILES string of the molecule is Cc1cccc(-n2c(SCc3cc(-c4cccs4)on3)nnc2N2CCOCC2)c1. The van der Waals surface area contributed by atoms with Crippen molar-refractivity contribution in [2.24, 2.45) is 0 Å². The summed E-state index contributed by atoms with van der Waals surface area (Å²) in [6, 6.07) is 14.4. The van der Waals surface area contributed by atoms with Crippen molar-refractivity contribution in [3.05, 3.63) is 59.1 Å². The lowest BCUT2D eigenvalue weighted by Gasteiger charge is -2.28. The van der Waals surface area contributed by atoms with Crippen molar-refractivity contribution < 1.29 is 9.26 Å². The Kier molecular flexibility index (Phi) is 5.56. The molecule has 1 fully saturated rings. The molecule has 30 heavy (non-hydrogen) atoms. The molecule has 1 aliphatic rings. The van der Waals surface area contributed by atoms with Gasteiger partial charge in [-0.2, -0.15) is 0 Å². The van der Waals surface area contributed by atoms with Crippen LogP contribution in [0, 0.1) is 6.92 Å². The van der Waals surface area contributed by atoms with Crippen LogP contribution in [0.4, 0.5) is 5.95 Å². The van der Waals surface area contributed by atoms with E-state index in [1.54, 1.807) is 23.1 Å². The van der Waals surface area contributed by atoms with Crippen LogP contribution in [0.15, 0.2) is 57.5 Å². The number of anilines is 1. The Bertz CT molecular complexity index is 1120. The molecule has 4 aromatic rings. The molecular weight excluding hydrogens is 418 g/mol. The monoisotopic (exact) mass is 439 g/mol. The van der Waals surface area contributed by atoms with E-state index in [1.165, 1.54) is 5.56 Å². The molecule has 0 N–H and O–H groups in total. The number of nitrogens with zero attached hydrogens (tertiary/aromatic N) is 5. The summed E-state index contributed by atoms with van der Waals surface area (Å²) in [6.07, 6.45) is 0. The van der Waals surface area contributed by atoms with Crippen LogP contribution in [0.2, 0.25) is 0 Å². The van der Waals surface area contributed by atoms with Crippen LogP contribution in [0.1, 0.15) is 11.3 Å². The highest BCUT2D eigenvalue weighted by Gasteiger charge is 2.22. The molecule has 0 radical (unpaired) electrons. The van der Waals surface area contributed by atoms with Gasteiger partial charge in [0, 0.05) is 24.9 Å². The summed E-state index contributed by atoms with van der Waals surface area (Å²) < 4.78 is 13.1. The van der Waals surface area contributed by atoms with Gasteiger partial charge in [-0.05, 0) is 36.1 Å². The number of morpholine rings is 1. The zero-order chi connectivity index (χ0) is 20.3. The summed E-state index contributed by atoms with van der Waals surface area (Å²) in [4.78, 5) is 3.31. The van der Waals surface area contributed by atoms with Crippen molar-refractivity contribution in [2.45, 2.75) is 17.8 Å². The Labute approximate surface area is 182 Å². The minimum absolute atomic E-state index is 0.655. The average Bonchev–Trinajstić information content (AvgIpc) is 3.53. The van der Waals surface area contributed by atoms with E-state index in [0.717, 1.165) is 46.2 Å². The van der Waals surface area contributed by atoms with Crippen molar-refractivity contribution in [3.63, 3.8) is 0 Å². The maximum Gasteiger partial charge on any atom is 0.232 e. The van der Waals surface area contributed by atoms with E-state index in [9.17, 15) is 0 Å². The Hall–Kier alpha value is -2.62. The first kappa shape index (κ1) is 19.3. The fraction of sp³-hybridized carbons (Fsp3) is 0.286. The van der Waals surface area contributed by atoms with Crippen molar-refractivity contribution in [1.29, 1.82) is 0 Å². The molecule has 0 saturated carbocycles. The second-order valence-corrected chi connectivity index (χ2v) is 8.90. The van der Waals surface area contributed by atoms with Gasteiger partial charge in [-0.15, -0.1) is 21.5 Å². The number of rotatable bonds is 6. The largest absolute Gasteiger partial charge is 0.378 e. The van der Waals surface area contributed by atoms with Crippen LogP contribution in [0.25, 0.3) is 16.3 Å². The highest BCUT2D eigenvalue weighted by molar-refractivity contribution is 7.98. The number of hydrogen-bond donors (Lipinski definition) is 0. The smallest absolute Gasteiger partial charge is 0.232 e. The van der Waals surface area contributed by atoms with Crippen LogP contribution >= 0.6 is 23.1 Å². The topological polar surface area (TPSA) is 69.2 Å². The Morgan fingerprint density at radius 2 is 2.00 bits per heavy atom. The van der Waals surface area contributed by atoms with E-state index in [0.29, 0.717) is 19.0 Å². The predicted molar refractivity (Wildman–Crippen MR) is 119 cm³/mol. The molecule has 154 valence electrons. The second kappa shape index (κ2) is 8.63. The van der Waals surface area contributed by atoms with Crippen LogP contribution in [0.5, 0.6) is 0 Å². The number of thioether (sulfide) groups is 1. The summed E-state index contributed by atoms with van der Waals surface area (Å²) in [5, 5.41) is 16.1. The lowest BCUT2D eigenvalue weighted by atomic mass is 10.2.